The van der Waals surface area contributed by atoms with E-state index in [1.165, 1.54) is 17.1 Å². The number of hydrogen-bond donors (Lipinski definition) is 1. The summed E-state index contributed by atoms with van der Waals surface area (Å²) < 4.78 is 1.42. The molecule has 1 aromatic rings. The molecule has 0 radical (unpaired) electrons. The molecular weight excluding hydrogens is 286 g/mol. The Morgan fingerprint density at radius 2 is 2.35 bits per heavy atom. The number of amides is 1. The largest absolute Gasteiger partial charge is 0.341 e. The first-order chi connectivity index (χ1) is 9.06. The number of halogens is 1. The maximum Gasteiger partial charge on any atom is 0.306 e. The number of likely N-dealkylation sites (tertiary alicyclic amines) is 1. The number of aryl methyl sites for hydroxylation is 1. The van der Waals surface area contributed by atoms with Gasteiger partial charge in [0.05, 0.1) is 4.92 Å². The molecule has 9 heteroatoms. The van der Waals surface area contributed by atoms with Crippen LogP contribution >= 0.6 is 12.4 Å². The molecule has 1 aromatic heterocycles. The fourth-order valence-electron chi connectivity index (χ4n) is 2.17. The van der Waals surface area contributed by atoms with E-state index < -0.39 is 4.92 Å². The van der Waals surface area contributed by atoms with E-state index in [0.29, 0.717) is 13.1 Å². The lowest BCUT2D eigenvalue weighted by molar-refractivity contribution is -0.385. The third-order valence-corrected chi connectivity index (χ3v) is 3.20. The van der Waals surface area contributed by atoms with Crippen LogP contribution in [-0.4, -0.2) is 44.6 Å². The van der Waals surface area contributed by atoms with Gasteiger partial charge in [0.25, 0.3) is 0 Å². The zero-order valence-corrected chi connectivity index (χ0v) is 11.8. The number of carbonyl (C=O) groups is 1. The standard InChI is InChI=1S/C11H17N5O3.ClH/c12-9-2-1-4-14(7-9)11(17)3-5-15-8-10(6-13-15)16(18)19;/h6,8-9H,1-5,7,12H2;1H. The molecule has 0 bridgehead atoms. The van der Waals surface area contributed by atoms with Gasteiger partial charge in [-0.15, -0.1) is 12.4 Å². The predicted molar refractivity (Wildman–Crippen MR) is 74.5 cm³/mol. The molecule has 2 heterocycles. The normalized spacial score (nSPS) is 18.4. The fraction of sp³-hybridized carbons (Fsp3) is 0.636. The van der Waals surface area contributed by atoms with Crippen LogP contribution in [0.3, 0.4) is 0 Å². The first-order valence-corrected chi connectivity index (χ1v) is 6.26. The van der Waals surface area contributed by atoms with E-state index in [-0.39, 0.29) is 36.5 Å². The topological polar surface area (TPSA) is 107 Å². The summed E-state index contributed by atoms with van der Waals surface area (Å²) in [4.78, 5) is 23.7. The molecule has 2 N–H and O–H groups in total. The summed E-state index contributed by atoms with van der Waals surface area (Å²) in [6.45, 7) is 1.68. The number of carbonyl (C=O) groups excluding carboxylic acids is 1. The minimum atomic E-state index is -0.505. The number of nitro groups is 1. The van der Waals surface area contributed by atoms with Crippen molar-refractivity contribution < 1.29 is 9.72 Å². The Morgan fingerprint density at radius 3 is 2.95 bits per heavy atom. The summed E-state index contributed by atoms with van der Waals surface area (Å²) >= 11 is 0. The summed E-state index contributed by atoms with van der Waals surface area (Å²) in [5.74, 6) is 0.0216. The number of piperidine rings is 1. The van der Waals surface area contributed by atoms with E-state index in [2.05, 4.69) is 5.10 Å². The summed E-state index contributed by atoms with van der Waals surface area (Å²) in [6.07, 6.45) is 4.68. The van der Waals surface area contributed by atoms with Crippen LogP contribution in [0.1, 0.15) is 19.3 Å². The number of aromatic nitrogens is 2. The first kappa shape index (κ1) is 16.4. The summed E-state index contributed by atoms with van der Waals surface area (Å²) in [7, 11) is 0. The number of nitrogens with zero attached hydrogens (tertiary/aromatic N) is 4. The lowest BCUT2D eigenvalue weighted by atomic mass is 10.1. The van der Waals surface area contributed by atoms with Crippen LogP contribution in [0.5, 0.6) is 0 Å². The van der Waals surface area contributed by atoms with Crippen LogP contribution in [0.15, 0.2) is 12.4 Å². The van der Waals surface area contributed by atoms with Gasteiger partial charge in [-0.2, -0.15) is 5.10 Å². The van der Waals surface area contributed by atoms with Crippen molar-refractivity contribution in [1.82, 2.24) is 14.7 Å². The molecular formula is C11H18ClN5O3. The van der Waals surface area contributed by atoms with E-state index >= 15 is 0 Å². The lowest BCUT2D eigenvalue weighted by Gasteiger charge is -2.30. The van der Waals surface area contributed by atoms with Crippen molar-refractivity contribution in [3.63, 3.8) is 0 Å². The highest BCUT2D eigenvalue weighted by atomic mass is 35.5. The van der Waals surface area contributed by atoms with E-state index in [1.807, 2.05) is 0 Å². The molecule has 0 saturated carbocycles. The molecule has 1 saturated heterocycles. The van der Waals surface area contributed by atoms with E-state index in [0.717, 1.165) is 19.4 Å². The van der Waals surface area contributed by atoms with E-state index in [4.69, 9.17) is 5.73 Å². The molecule has 1 aliphatic heterocycles. The van der Waals surface area contributed by atoms with Gasteiger partial charge in [-0.1, -0.05) is 0 Å². The van der Waals surface area contributed by atoms with E-state index in [1.54, 1.807) is 4.90 Å². The number of rotatable bonds is 4. The minimum Gasteiger partial charge on any atom is -0.341 e. The van der Waals surface area contributed by atoms with Gasteiger partial charge in [0.15, 0.2) is 0 Å². The second-order valence-corrected chi connectivity index (χ2v) is 4.71. The molecule has 8 nitrogen and oxygen atoms in total. The molecule has 1 atom stereocenters. The smallest absolute Gasteiger partial charge is 0.306 e. The second-order valence-electron chi connectivity index (χ2n) is 4.71. The van der Waals surface area contributed by atoms with Crippen LogP contribution in [0.4, 0.5) is 5.69 Å². The van der Waals surface area contributed by atoms with Gasteiger partial charge >= 0.3 is 5.69 Å². The third kappa shape index (κ3) is 4.17. The third-order valence-electron chi connectivity index (χ3n) is 3.20. The minimum absolute atomic E-state index is 0. The average molecular weight is 304 g/mol. The zero-order valence-electron chi connectivity index (χ0n) is 11.0. The Labute approximate surface area is 122 Å². The second kappa shape index (κ2) is 7.20. The van der Waals surface area contributed by atoms with Gasteiger partial charge in [-0.05, 0) is 12.8 Å². The van der Waals surface area contributed by atoms with Crippen molar-refractivity contribution in [2.45, 2.75) is 31.8 Å². The Balaban J connectivity index is 0.00000200. The van der Waals surface area contributed by atoms with Crippen LogP contribution in [-0.2, 0) is 11.3 Å². The zero-order chi connectivity index (χ0) is 13.8. The van der Waals surface area contributed by atoms with Gasteiger partial charge < -0.3 is 10.6 Å². The fourth-order valence-corrected chi connectivity index (χ4v) is 2.17. The Kier molecular flexibility index (Phi) is 5.90. The monoisotopic (exact) mass is 303 g/mol. The van der Waals surface area contributed by atoms with Crippen LogP contribution in [0, 0.1) is 10.1 Å². The van der Waals surface area contributed by atoms with Crippen LogP contribution in [0.2, 0.25) is 0 Å². The average Bonchev–Trinajstić information content (AvgIpc) is 2.85. The van der Waals surface area contributed by atoms with Gasteiger partial charge in [0.1, 0.15) is 12.4 Å². The van der Waals surface area contributed by atoms with Crippen molar-refractivity contribution >= 4 is 24.0 Å². The van der Waals surface area contributed by atoms with Gasteiger partial charge in [0.2, 0.25) is 5.91 Å². The highest BCUT2D eigenvalue weighted by Gasteiger charge is 2.21. The summed E-state index contributed by atoms with van der Waals surface area (Å²) in [5.41, 5.74) is 5.76. The molecule has 20 heavy (non-hydrogen) atoms. The predicted octanol–water partition coefficient (Wildman–Crippen LogP) is 0.553. The molecule has 0 aromatic carbocycles. The first-order valence-electron chi connectivity index (χ1n) is 6.26. The number of nitrogens with two attached hydrogens (primary N) is 1. The molecule has 0 aliphatic carbocycles. The summed E-state index contributed by atoms with van der Waals surface area (Å²) in [5, 5.41) is 14.3. The molecule has 1 amide bonds. The highest BCUT2D eigenvalue weighted by Crippen LogP contribution is 2.11. The lowest BCUT2D eigenvalue weighted by Crippen LogP contribution is -2.45. The maximum atomic E-state index is 12.0. The van der Waals surface area contributed by atoms with Gasteiger partial charge in [0, 0.05) is 32.1 Å². The van der Waals surface area contributed by atoms with Gasteiger partial charge in [-0.25, -0.2) is 0 Å². The van der Waals surface area contributed by atoms with Crippen molar-refractivity contribution in [3.05, 3.63) is 22.5 Å². The van der Waals surface area contributed by atoms with Crippen LogP contribution < -0.4 is 5.73 Å². The highest BCUT2D eigenvalue weighted by molar-refractivity contribution is 5.85. The SMILES string of the molecule is Cl.NC1CCCN(C(=O)CCn2cc([N+](=O)[O-])cn2)C1. The van der Waals surface area contributed by atoms with Crippen molar-refractivity contribution in [2.24, 2.45) is 5.73 Å². The molecule has 1 fully saturated rings. The van der Waals surface area contributed by atoms with Crippen molar-refractivity contribution in [3.8, 4) is 0 Å². The molecule has 1 aliphatic rings. The number of hydrogen-bond acceptors (Lipinski definition) is 5. The molecule has 0 spiro atoms. The summed E-state index contributed by atoms with van der Waals surface area (Å²) in [6, 6.07) is 0.0588. The molecule has 1 unspecified atom stereocenters. The van der Waals surface area contributed by atoms with E-state index in [9.17, 15) is 14.9 Å². The maximum absolute atomic E-state index is 12.0. The van der Waals surface area contributed by atoms with Crippen molar-refractivity contribution in [2.75, 3.05) is 13.1 Å². The van der Waals surface area contributed by atoms with Crippen molar-refractivity contribution in [1.29, 1.82) is 0 Å². The quantitative estimate of drug-likeness (QED) is 0.645. The molecule has 112 valence electrons. The van der Waals surface area contributed by atoms with Gasteiger partial charge in [-0.3, -0.25) is 19.6 Å². The Bertz CT molecular complexity index is 478. The molecule has 2 rings (SSSR count). The van der Waals surface area contributed by atoms with Crippen LogP contribution in [0.25, 0.3) is 0 Å². The Hall–Kier alpha value is -1.67. The Morgan fingerprint density at radius 1 is 1.60 bits per heavy atom.